The first-order valence-electron chi connectivity index (χ1n) is 10.7. The monoisotopic (exact) mass is 450 g/mol. The van der Waals surface area contributed by atoms with Gasteiger partial charge in [0.1, 0.15) is 23.9 Å². The lowest BCUT2D eigenvalue weighted by atomic mass is 10.2. The quantitative estimate of drug-likeness (QED) is 0.480. The van der Waals surface area contributed by atoms with E-state index in [2.05, 4.69) is 5.32 Å². The zero-order chi connectivity index (χ0) is 23.5. The number of hydrogen-bond donors (Lipinski definition) is 1. The molecule has 2 amide bonds. The van der Waals surface area contributed by atoms with Gasteiger partial charge in [0.05, 0.1) is 6.54 Å². The lowest BCUT2D eigenvalue weighted by Gasteiger charge is -2.20. The SMILES string of the molecule is CCN(CC(=O)NCc1ccc(F)cc1)C(=O)COc1ccc(OCc2ccccc2)cc1. The molecule has 172 valence electrons. The third-order valence-electron chi connectivity index (χ3n) is 4.91. The molecule has 0 saturated heterocycles. The van der Waals surface area contributed by atoms with Gasteiger partial charge in [-0.3, -0.25) is 9.59 Å². The molecule has 0 saturated carbocycles. The molecule has 0 aromatic heterocycles. The van der Waals surface area contributed by atoms with E-state index in [4.69, 9.17) is 9.47 Å². The molecule has 1 N–H and O–H groups in total. The molecule has 0 unspecified atom stereocenters. The first-order valence-corrected chi connectivity index (χ1v) is 10.7. The van der Waals surface area contributed by atoms with E-state index in [1.807, 2.05) is 30.3 Å². The largest absolute Gasteiger partial charge is 0.489 e. The smallest absolute Gasteiger partial charge is 0.260 e. The predicted octanol–water partition coefficient (Wildman–Crippen LogP) is 3.95. The van der Waals surface area contributed by atoms with Gasteiger partial charge in [0.15, 0.2) is 6.61 Å². The van der Waals surface area contributed by atoms with Crippen LogP contribution in [-0.4, -0.2) is 36.4 Å². The molecule has 0 spiro atoms. The highest BCUT2D eigenvalue weighted by Crippen LogP contribution is 2.19. The highest BCUT2D eigenvalue weighted by atomic mass is 19.1. The molecular formula is C26H27FN2O4. The summed E-state index contributed by atoms with van der Waals surface area (Å²) in [5.74, 6) is 0.313. The van der Waals surface area contributed by atoms with Crippen LogP contribution in [0, 0.1) is 5.82 Å². The number of nitrogens with zero attached hydrogens (tertiary/aromatic N) is 1. The standard InChI is InChI=1S/C26H27FN2O4/c1-2-29(17-25(30)28-16-20-8-10-22(27)11-9-20)26(31)19-33-24-14-12-23(13-15-24)32-18-21-6-4-3-5-7-21/h3-15H,2,16-19H2,1H3,(H,28,30). The van der Waals surface area contributed by atoms with Crippen LogP contribution in [0.1, 0.15) is 18.1 Å². The van der Waals surface area contributed by atoms with Crippen molar-refractivity contribution in [3.63, 3.8) is 0 Å². The summed E-state index contributed by atoms with van der Waals surface area (Å²) >= 11 is 0. The Kier molecular flexibility index (Phi) is 8.82. The maximum atomic E-state index is 13.0. The van der Waals surface area contributed by atoms with Crippen LogP contribution in [0.5, 0.6) is 11.5 Å². The zero-order valence-corrected chi connectivity index (χ0v) is 18.5. The van der Waals surface area contributed by atoms with Crippen molar-refractivity contribution >= 4 is 11.8 Å². The number of halogens is 1. The lowest BCUT2D eigenvalue weighted by molar-refractivity contribution is -0.137. The highest BCUT2D eigenvalue weighted by Gasteiger charge is 2.16. The first kappa shape index (κ1) is 23.8. The van der Waals surface area contributed by atoms with Gasteiger partial charge in [-0.25, -0.2) is 4.39 Å². The number of rotatable bonds is 11. The van der Waals surface area contributed by atoms with Crippen molar-refractivity contribution < 1.29 is 23.5 Å². The number of carbonyl (C=O) groups excluding carboxylic acids is 2. The van der Waals surface area contributed by atoms with Crippen LogP contribution in [0.3, 0.4) is 0 Å². The molecule has 0 aliphatic heterocycles. The van der Waals surface area contributed by atoms with Crippen molar-refractivity contribution in [2.75, 3.05) is 19.7 Å². The van der Waals surface area contributed by atoms with Crippen molar-refractivity contribution in [2.24, 2.45) is 0 Å². The summed E-state index contributed by atoms with van der Waals surface area (Å²) in [6.07, 6.45) is 0. The van der Waals surface area contributed by atoms with Crippen molar-refractivity contribution in [3.8, 4) is 11.5 Å². The van der Waals surface area contributed by atoms with Crippen LogP contribution in [-0.2, 0) is 22.7 Å². The normalized spacial score (nSPS) is 10.4. The van der Waals surface area contributed by atoms with Crippen LogP contribution in [0.4, 0.5) is 4.39 Å². The Morgan fingerprint density at radius 2 is 1.48 bits per heavy atom. The van der Waals surface area contributed by atoms with E-state index in [9.17, 15) is 14.0 Å². The summed E-state index contributed by atoms with van der Waals surface area (Å²) in [7, 11) is 0. The Labute approximate surface area is 192 Å². The molecule has 6 nitrogen and oxygen atoms in total. The van der Waals surface area contributed by atoms with E-state index in [0.717, 1.165) is 11.1 Å². The van der Waals surface area contributed by atoms with Gasteiger partial charge in [0.25, 0.3) is 5.91 Å². The fourth-order valence-electron chi connectivity index (χ4n) is 3.02. The Balaban J connectivity index is 1.41. The van der Waals surface area contributed by atoms with E-state index in [1.54, 1.807) is 43.3 Å². The van der Waals surface area contributed by atoms with Gasteiger partial charge in [-0.05, 0) is 54.4 Å². The Bertz CT molecular complexity index is 1020. The molecule has 3 aromatic carbocycles. The molecule has 0 bridgehead atoms. The maximum absolute atomic E-state index is 13.0. The molecule has 3 aromatic rings. The molecule has 33 heavy (non-hydrogen) atoms. The van der Waals surface area contributed by atoms with Gasteiger partial charge < -0.3 is 19.7 Å². The van der Waals surface area contributed by atoms with Crippen LogP contribution >= 0.6 is 0 Å². The van der Waals surface area contributed by atoms with E-state index >= 15 is 0 Å². The second-order valence-electron chi connectivity index (χ2n) is 7.35. The summed E-state index contributed by atoms with van der Waals surface area (Å²) in [6.45, 7) is 2.65. The molecule has 0 aliphatic carbocycles. The van der Waals surface area contributed by atoms with E-state index in [0.29, 0.717) is 24.7 Å². The summed E-state index contributed by atoms with van der Waals surface area (Å²) < 4.78 is 24.3. The molecular weight excluding hydrogens is 423 g/mol. The molecule has 0 atom stereocenters. The number of benzene rings is 3. The van der Waals surface area contributed by atoms with Crippen molar-refractivity contribution in [2.45, 2.75) is 20.1 Å². The lowest BCUT2D eigenvalue weighted by Crippen LogP contribution is -2.42. The minimum absolute atomic E-state index is 0.0772. The summed E-state index contributed by atoms with van der Waals surface area (Å²) in [6, 6.07) is 22.8. The fraction of sp³-hybridized carbons (Fsp3) is 0.231. The molecule has 0 fully saturated rings. The summed E-state index contributed by atoms with van der Waals surface area (Å²) in [4.78, 5) is 26.1. The second kappa shape index (κ2) is 12.2. The minimum Gasteiger partial charge on any atom is -0.489 e. The van der Waals surface area contributed by atoms with Crippen LogP contribution < -0.4 is 14.8 Å². The van der Waals surface area contributed by atoms with Crippen molar-refractivity contribution in [1.29, 1.82) is 0 Å². The van der Waals surface area contributed by atoms with Gasteiger partial charge >= 0.3 is 0 Å². The zero-order valence-electron chi connectivity index (χ0n) is 18.5. The number of likely N-dealkylation sites (N-methyl/N-ethyl adjacent to an activating group) is 1. The first-order chi connectivity index (χ1) is 16.0. The number of ether oxygens (including phenoxy) is 2. The van der Waals surface area contributed by atoms with Crippen molar-refractivity contribution in [1.82, 2.24) is 10.2 Å². The number of nitrogens with one attached hydrogen (secondary N) is 1. The molecule has 3 rings (SSSR count). The van der Waals surface area contributed by atoms with Gasteiger partial charge in [-0.1, -0.05) is 42.5 Å². The number of carbonyl (C=O) groups is 2. The average Bonchev–Trinajstić information content (AvgIpc) is 2.85. The number of amides is 2. The minimum atomic E-state index is -0.331. The van der Waals surface area contributed by atoms with Gasteiger partial charge in [0, 0.05) is 13.1 Å². The topological polar surface area (TPSA) is 67.9 Å². The Hall–Kier alpha value is -3.87. The Morgan fingerprint density at radius 1 is 0.848 bits per heavy atom. The third-order valence-corrected chi connectivity index (χ3v) is 4.91. The molecule has 7 heteroatoms. The van der Waals surface area contributed by atoms with Gasteiger partial charge in [-0.15, -0.1) is 0 Å². The average molecular weight is 451 g/mol. The van der Waals surface area contributed by atoms with E-state index < -0.39 is 0 Å². The molecule has 0 heterocycles. The van der Waals surface area contributed by atoms with Crippen LogP contribution in [0.25, 0.3) is 0 Å². The van der Waals surface area contributed by atoms with Gasteiger partial charge in [0.2, 0.25) is 5.91 Å². The second-order valence-corrected chi connectivity index (χ2v) is 7.35. The van der Waals surface area contributed by atoms with Crippen molar-refractivity contribution in [3.05, 3.63) is 95.8 Å². The summed E-state index contributed by atoms with van der Waals surface area (Å²) in [5.41, 5.74) is 1.85. The van der Waals surface area contributed by atoms with Crippen LogP contribution in [0.2, 0.25) is 0 Å². The predicted molar refractivity (Wildman–Crippen MR) is 123 cm³/mol. The summed E-state index contributed by atoms with van der Waals surface area (Å²) in [5, 5.41) is 2.73. The van der Waals surface area contributed by atoms with Gasteiger partial charge in [-0.2, -0.15) is 0 Å². The fourth-order valence-corrected chi connectivity index (χ4v) is 3.02. The van der Waals surface area contributed by atoms with E-state index in [1.165, 1.54) is 17.0 Å². The molecule has 0 aliphatic rings. The maximum Gasteiger partial charge on any atom is 0.260 e. The highest BCUT2D eigenvalue weighted by molar-refractivity contribution is 5.85. The van der Waals surface area contributed by atoms with Crippen LogP contribution in [0.15, 0.2) is 78.9 Å². The van der Waals surface area contributed by atoms with E-state index in [-0.39, 0.29) is 37.3 Å². The molecule has 0 radical (unpaired) electrons. The Morgan fingerprint density at radius 3 is 2.12 bits per heavy atom. The third kappa shape index (κ3) is 7.96. The number of hydrogen-bond acceptors (Lipinski definition) is 4.